The first-order valence-electron chi connectivity index (χ1n) is 7.90. The van der Waals surface area contributed by atoms with E-state index in [9.17, 15) is 35.1 Å². The van der Waals surface area contributed by atoms with Crippen molar-refractivity contribution < 1.29 is 35.1 Å². The maximum absolute atomic E-state index is 14.9. The van der Waals surface area contributed by atoms with Crippen LogP contribution >= 0.6 is 0 Å². The van der Waals surface area contributed by atoms with Crippen molar-refractivity contribution in [1.29, 1.82) is 0 Å². The smallest absolute Gasteiger partial charge is 0.198 e. The van der Waals surface area contributed by atoms with Crippen LogP contribution in [0.1, 0.15) is 22.3 Å². The van der Waals surface area contributed by atoms with Crippen LogP contribution in [0.25, 0.3) is 0 Å². The second-order valence-corrected chi connectivity index (χ2v) is 6.78. The highest BCUT2D eigenvalue weighted by Gasteiger charge is 2.99. The van der Waals surface area contributed by atoms with Crippen LogP contribution in [-0.2, 0) is 5.41 Å². The lowest BCUT2D eigenvalue weighted by Gasteiger charge is -2.39. The lowest BCUT2D eigenvalue weighted by Crippen LogP contribution is -2.56. The summed E-state index contributed by atoms with van der Waals surface area (Å²) in [5.41, 5.74) is -5.34. The zero-order valence-electron chi connectivity index (χ0n) is 14.1. The summed E-state index contributed by atoms with van der Waals surface area (Å²) in [5.74, 6) is -24.1. The van der Waals surface area contributed by atoms with Crippen molar-refractivity contribution in [3.05, 3.63) is 70.8 Å². The molecule has 1 saturated carbocycles. The van der Waals surface area contributed by atoms with Gasteiger partial charge < -0.3 is 0 Å². The van der Waals surface area contributed by atoms with Gasteiger partial charge in [0.05, 0.1) is 0 Å². The Kier molecular flexibility index (Phi) is 3.97. The summed E-state index contributed by atoms with van der Waals surface area (Å²) in [5, 5.41) is 0. The second-order valence-electron chi connectivity index (χ2n) is 6.78. The van der Waals surface area contributed by atoms with E-state index in [4.69, 9.17) is 0 Å². The Hall–Kier alpha value is -2.12. The van der Waals surface area contributed by atoms with Crippen LogP contribution in [0.4, 0.5) is 35.1 Å². The van der Waals surface area contributed by atoms with Crippen molar-refractivity contribution in [1.82, 2.24) is 0 Å². The van der Waals surface area contributed by atoms with Gasteiger partial charge >= 0.3 is 23.7 Å². The van der Waals surface area contributed by atoms with Crippen molar-refractivity contribution in [3.63, 3.8) is 0 Å². The van der Waals surface area contributed by atoms with Crippen molar-refractivity contribution >= 4 is 0 Å². The molecule has 0 unspecified atom stereocenters. The minimum Gasteiger partial charge on any atom is -0.198 e. The molecule has 146 valence electrons. The Morgan fingerprint density at radius 1 is 0.444 bits per heavy atom. The van der Waals surface area contributed by atoms with E-state index in [-0.39, 0.29) is 0 Å². The first-order chi connectivity index (χ1) is 12.2. The normalized spacial score (nSPS) is 23.9. The minimum absolute atomic E-state index is 0.459. The number of benzene rings is 2. The van der Waals surface area contributed by atoms with E-state index in [0.717, 1.165) is 48.5 Å². The number of hydrogen-bond acceptors (Lipinski definition) is 0. The lowest BCUT2D eigenvalue weighted by molar-refractivity contribution is -0.303. The van der Waals surface area contributed by atoms with Crippen LogP contribution < -0.4 is 0 Å². The summed E-state index contributed by atoms with van der Waals surface area (Å²) in [7, 11) is 0. The molecule has 1 aliphatic carbocycles. The van der Waals surface area contributed by atoms with Crippen LogP contribution in [0.3, 0.4) is 0 Å². The van der Waals surface area contributed by atoms with Gasteiger partial charge in [-0.05, 0) is 25.0 Å². The first kappa shape index (κ1) is 19.6. The Morgan fingerprint density at radius 2 is 0.704 bits per heavy atom. The van der Waals surface area contributed by atoms with Gasteiger partial charge in [-0.25, -0.2) is 0 Å². The molecule has 0 aliphatic heterocycles. The maximum atomic E-state index is 14.9. The van der Waals surface area contributed by atoms with Gasteiger partial charge in [-0.2, -0.15) is 35.1 Å². The van der Waals surface area contributed by atoms with Gasteiger partial charge in [0.15, 0.2) is 5.41 Å². The fraction of sp³-hybridized carbons (Fsp3) is 0.368. The van der Waals surface area contributed by atoms with E-state index in [0.29, 0.717) is 11.1 Å². The van der Waals surface area contributed by atoms with E-state index in [1.165, 1.54) is 13.8 Å². The van der Waals surface area contributed by atoms with E-state index in [1.807, 2.05) is 0 Å². The predicted molar refractivity (Wildman–Crippen MR) is 82.9 cm³/mol. The summed E-state index contributed by atoms with van der Waals surface area (Å²) >= 11 is 0. The lowest BCUT2D eigenvalue weighted by atomic mass is 9.68. The molecular weight excluding hydrogens is 380 g/mol. The molecule has 0 aromatic heterocycles. The van der Waals surface area contributed by atoms with Crippen LogP contribution in [0.15, 0.2) is 48.5 Å². The highest BCUT2D eigenvalue weighted by atomic mass is 19.4. The molecule has 27 heavy (non-hydrogen) atoms. The molecule has 0 heterocycles. The van der Waals surface area contributed by atoms with Crippen molar-refractivity contribution in [2.24, 2.45) is 0 Å². The van der Waals surface area contributed by atoms with Gasteiger partial charge in [-0.1, -0.05) is 59.7 Å². The quantitative estimate of drug-likeness (QED) is 0.537. The minimum atomic E-state index is -6.26. The van der Waals surface area contributed by atoms with Crippen LogP contribution in [-0.4, -0.2) is 23.7 Å². The summed E-state index contributed by atoms with van der Waals surface area (Å²) < 4.78 is 116. The molecule has 0 bridgehead atoms. The van der Waals surface area contributed by atoms with Crippen molar-refractivity contribution in [2.45, 2.75) is 43.0 Å². The molecule has 0 radical (unpaired) electrons. The van der Waals surface area contributed by atoms with Gasteiger partial charge in [0, 0.05) is 0 Å². The molecule has 0 nitrogen and oxygen atoms in total. The first-order valence-corrected chi connectivity index (χ1v) is 7.90. The Morgan fingerprint density at radius 3 is 0.963 bits per heavy atom. The van der Waals surface area contributed by atoms with Gasteiger partial charge in [-0.3, -0.25) is 0 Å². The Labute approximate surface area is 149 Å². The van der Waals surface area contributed by atoms with Gasteiger partial charge in [-0.15, -0.1) is 0 Å². The standard InChI is InChI=1S/C19H14F8/c1-11-3-7-13(8-4-11)15(14-9-5-12(2)6-10-14)16(20,21)18(24,25)19(26,27)17(15,22)23/h3-10H,1-2H3. The molecule has 1 fully saturated rings. The molecule has 0 atom stereocenters. The zero-order valence-corrected chi connectivity index (χ0v) is 14.1. The highest BCUT2D eigenvalue weighted by molar-refractivity contribution is 5.52. The molecule has 8 heteroatoms. The summed E-state index contributed by atoms with van der Waals surface area (Å²) in [6.07, 6.45) is 0. The largest absolute Gasteiger partial charge is 0.379 e. The molecule has 0 saturated heterocycles. The average molecular weight is 394 g/mol. The predicted octanol–water partition coefficient (Wildman–Crippen LogP) is 6.14. The Bertz CT molecular complexity index is 777. The average Bonchev–Trinajstić information content (AvgIpc) is 2.63. The van der Waals surface area contributed by atoms with E-state index >= 15 is 0 Å². The summed E-state index contributed by atoms with van der Waals surface area (Å²) in [4.78, 5) is 0. The van der Waals surface area contributed by atoms with E-state index < -0.39 is 40.2 Å². The monoisotopic (exact) mass is 394 g/mol. The maximum Gasteiger partial charge on any atom is 0.379 e. The number of alkyl halides is 8. The number of aryl methyl sites for hydroxylation is 2. The van der Waals surface area contributed by atoms with Gasteiger partial charge in [0.1, 0.15) is 0 Å². The topological polar surface area (TPSA) is 0 Å². The molecular formula is C19H14F8. The van der Waals surface area contributed by atoms with Crippen molar-refractivity contribution in [2.75, 3.05) is 0 Å². The number of hydrogen-bond donors (Lipinski definition) is 0. The zero-order chi connectivity index (χ0) is 20.5. The summed E-state index contributed by atoms with van der Waals surface area (Å²) in [6.45, 7) is 3.02. The number of halogens is 8. The molecule has 0 spiro atoms. The molecule has 2 aromatic carbocycles. The van der Waals surface area contributed by atoms with Gasteiger partial charge in [0.25, 0.3) is 0 Å². The molecule has 0 N–H and O–H groups in total. The van der Waals surface area contributed by atoms with E-state index in [2.05, 4.69) is 0 Å². The van der Waals surface area contributed by atoms with Crippen LogP contribution in [0.2, 0.25) is 0 Å². The third-order valence-electron chi connectivity index (χ3n) is 5.09. The van der Waals surface area contributed by atoms with E-state index in [1.54, 1.807) is 0 Å². The second kappa shape index (κ2) is 5.45. The SMILES string of the molecule is Cc1ccc(C2(c3ccc(C)cc3)C(F)(F)C(F)(F)C(F)(F)C2(F)F)cc1. The van der Waals surface area contributed by atoms with Crippen LogP contribution in [0.5, 0.6) is 0 Å². The molecule has 2 aromatic rings. The highest BCUT2D eigenvalue weighted by Crippen LogP contribution is 2.73. The number of rotatable bonds is 2. The Balaban J connectivity index is 2.50. The van der Waals surface area contributed by atoms with Gasteiger partial charge in [0.2, 0.25) is 0 Å². The fourth-order valence-corrected chi connectivity index (χ4v) is 3.56. The fourth-order valence-electron chi connectivity index (χ4n) is 3.56. The van der Waals surface area contributed by atoms with Crippen molar-refractivity contribution in [3.8, 4) is 0 Å². The third kappa shape index (κ3) is 2.04. The molecule has 0 amide bonds. The third-order valence-corrected chi connectivity index (χ3v) is 5.09. The van der Waals surface area contributed by atoms with Crippen LogP contribution in [0, 0.1) is 13.8 Å². The molecule has 1 aliphatic rings. The summed E-state index contributed by atoms with van der Waals surface area (Å²) in [6, 6.07) is 7.56. The molecule has 3 rings (SSSR count).